The normalized spacial score (nSPS) is 15.6. The number of carbonyl (C=O) groups is 3. The second kappa shape index (κ2) is 9.69. The molecule has 1 saturated heterocycles. The van der Waals surface area contributed by atoms with Crippen molar-refractivity contribution >= 4 is 29.1 Å². The fraction of sp³-hybridized carbons (Fsp3) is 0.227. The van der Waals surface area contributed by atoms with Crippen LogP contribution in [-0.4, -0.2) is 37.4 Å². The van der Waals surface area contributed by atoms with E-state index < -0.39 is 5.92 Å². The number of rotatable bonds is 8. The lowest BCUT2D eigenvalue weighted by Gasteiger charge is -2.17. The second-order valence-electron chi connectivity index (χ2n) is 6.78. The molecule has 2 aromatic rings. The first-order valence-corrected chi connectivity index (χ1v) is 9.43. The third kappa shape index (κ3) is 5.44. The maximum absolute atomic E-state index is 12.9. The molecule has 0 saturated carbocycles. The predicted molar refractivity (Wildman–Crippen MR) is 111 cm³/mol. The number of nitrogens with zero attached hydrogens (tertiary/aromatic N) is 1. The molecule has 0 spiro atoms. The number of halogens is 1. The number of hydrogen-bond donors (Lipinski definition) is 2. The van der Waals surface area contributed by atoms with Crippen LogP contribution in [0.25, 0.3) is 0 Å². The minimum atomic E-state index is -0.400. The molecule has 0 aromatic heterocycles. The van der Waals surface area contributed by atoms with Crippen LogP contribution in [0.3, 0.4) is 0 Å². The van der Waals surface area contributed by atoms with E-state index in [0.717, 1.165) is 0 Å². The van der Waals surface area contributed by atoms with Crippen LogP contribution >= 0.6 is 0 Å². The van der Waals surface area contributed by atoms with Crippen molar-refractivity contribution in [1.29, 1.82) is 0 Å². The maximum Gasteiger partial charge on any atom is 0.262 e. The Morgan fingerprint density at radius 2 is 1.87 bits per heavy atom. The predicted octanol–water partition coefficient (Wildman–Crippen LogP) is 2.50. The molecule has 0 aliphatic carbocycles. The number of hydrogen-bond acceptors (Lipinski definition) is 4. The molecule has 1 fully saturated rings. The summed E-state index contributed by atoms with van der Waals surface area (Å²) in [5.41, 5.74) is 1.13. The summed E-state index contributed by atoms with van der Waals surface area (Å²) in [6.45, 7) is 4.01. The molecule has 3 rings (SSSR count). The minimum Gasteiger partial charge on any atom is -0.484 e. The summed E-state index contributed by atoms with van der Waals surface area (Å²) in [6.07, 6.45) is 1.75. The Balaban J connectivity index is 1.51. The van der Waals surface area contributed by atoms with Gasteiger partial charge in [0.15, 0.2) is 6.61 Å². The van der Waals surface area contributed by atoms with Crippen LogP contribution in [0.15, 0.2) is 61.2 Å². The molecule has 0 radical (unpaired) electrons. The molecule has 1 atom stereocenters. The van der Waals surface area contributed by atoms with Crippen molar-refractivity contribution in [2.75, 3.05) is 29.9 Å². The van der Waals surface area contributed by atoms with E-state index in [1.807, 2.05) is 0 Å². The molecule has 2 N–H and O–H groups in total. The van der Waals surface area contributed by atoms with E-state index in [1.54, 1.807) is 35.2 Å². The van der Waals surface area contributed by atoms with E-state index in [0.29, 0.717) is 30.2 Å². The van der Waals surface area contributed by atoms with Crippen LogP contribution in [0, 0.1) is 11.7 Å². The van der Waals surface area contributed by atoms with Gasteiger partial charge >= 0.3 is 0 Å². The number of anilines is 2. The lowest BCUT2D eigenvalue weighted by Crippen LogP contribution is -2.32. The fourth-order valence-electron chi connectivity index (χ4n) is 3.05. The first kappa shape index (κ1) is 21.0. The molecule has 1 heterocycles. The van der Waals surface area contributed by atoms with Gasteiger partial charge in [-0.05, 0) is 48.5 Å². The molecule has 3 amide bonds. The van der Waals surface area contributed by atoms with E-state index in [2.05, 4.69) is 17.2 Å². The SMILES string of the molecule is C=CCNC(=O)[C@H]1CC(=O)N(c2ccc(OCC(=O)Nc3ccc(F)cc3)cc2)C1. The standard InChI is InChI=1S/C22H22FN3O4/c1-2-11-24-22(29)15-12-21(28)26(13-15)18-7-9-19(10-8-18)30-14-20(27)25-17-5-3-16(23)4-6-17/h2-10,15H,1,11-14H2,(H,24,29)(H,25,27)/t15-/m0/s1. The molecule has 8 heteroatoms. The molecular weight excluding hydrogens is 389 g/mol. The minimum absolute atomic E-state index is 0.124. The van der Waals surface area contributed by atoms with Crippen LogP contribution in [0.2, 0.25) is 0 Å². The van der Waals surface area contributed by atoms with Crippen molar-refractivity contribution < 1.29 is 23.5 Å². The zero-order valence-corrected chi connectivity index (χ0v) is 16.3. The molecule has 156 valence electrons. The maximum atomic E-state index is 12.9. The van der Waals surface area contributed by atoms with Crippen LogP contribution in [0.4, 0.5) is 15.8 Å². The van der Waals surface area contributed by atoms with Gasteiger partial charge in [0.05, 0.1) is 5.92 Å². The average Bonchev–Trinajstić information content (AvgIpc) is 3.14. The van der Waals surface area contributed by atoms with Gasteiger partial charge in [-0.25, -0.2) is 4.39 Å². The molecule has 30 heavy (non-hydrogen) atoms. The second-order valence-corrected chi connectivity index (χ2v) is 6.78. The van der Waals surface area contributed by atoms with Gasteiger partial charge in [0, 0.05) is 30.9 Å². The largest absolute Gasteiger partial charge is 0.484 e. The zero-order valence-electron chi connectivity index (χ0n) is 16.3. The topological polar surface area (TPSA) is 87.7 Å². The molecule has 1 aliphatic rings. The van der Waals surface area contributed by atoms with Gasteiger partial charge in [0.2, 0.25) is 11.8 Å². The summed E-state index contributed by atoms with van der Waals surface area (Å²) in [7, 11) is 0. The highest BCUT2D eigenvalue weighted by atomic mass is 19.1. The van der Waals surface area contributed by atoms with Crippen LogP contribution in [0.1, 0.15) is 6.42 Å². The molecule has 0 bridgehead atoms. The quantitative estimate of drug-likeness (QED) is 0.654. The molecule has 0 unspecified atom stereocenters. The van der Waals surface area contributed by atoms with E-state index >= 15 is 0 Å². The Hall–Kier alpha value is -3.68. The van der Waals surface area contributed by atoms with Crippen molar-refractivity contribution in [2.45, 2.75) is 6.42 Å². The number of amides is 3. The number of benzene rings is 2. The van der Waals surface area contributed by atoms with Crippen molar-refractivity contribution in [3.8, 4) is 5.75 Å². The van der Waals surface area contributed by atoms with Crippen molar-refractivity contribution in [3.63, 3.8) is 0 Å². The third-order valence-corrected chi connectivity index (χ3v) is 4.56. The highest BCUT2D eigenvalue weighted by Crippen LogP contribution is 2.27. The summed E-state index contributed by atoms with van der Waals surface area (Å²) in [5.74, 6) is -0.999. The lowest BCUT2D eigenvalue weighted by molar-refractivity contribution is -0.126. The van der Waals surface area contributed by atoms with E-state index in [4.69, 9.17) is 4.74 Å². The molecule has 1 aliphatic heterocycles. The average molecular weight is 411 g/mol. The zero-order chi connectivity index (χ0) is 21.5. The van der Waals surface area contributed by atoms with E-state index in [-0.39, 0.29) is 36.6 Å². The highest BCUT2D eigenvalue weighted by molar-refractivity contribution is 6.00. The Kier molecular flexibility index (Phi) is 6.79. The van der Waals surface area contributed by atoms with Crippen LogP contribution < -0.4 is 20.3 Å². The highest BCUT2D eigenvalue weighted by Gasteiger charge is 2.34. The Morgan fingerprint density at radius 3 is 2.53 bits per heavy atom. The lowest BCUT2D eigenvalue weighted by atomic mass is 10.1. The van der Waals surface area contributed by atoms with Gasteiger partial charge in [0.1, 0.15) is 11.6 Å². The number of nitrogens with one attached hydrogen (secondary N) is 2. The first-order valence-electron chi connectivity index (χ1n) is 9.43. The molecule has 2 aromatic carbocycles. The van der Waals surface area contributed by atoms with Crippen LogP contribution in [-0.2, 0) is 14.4 Å². The fourth-order valence-corrected chi connectivity index (χ4v) is 3.05. The van der Waals surface area contributed by atoms with Gasteiger partial charge in [-0.1, -0.05) is 6.08 Å². The Morgan fingerprint density at radius 1 is 1.17 bits per heavy atom. The van der Waals surface area contributed by atoms with Crippen molar-refractivity contribution in [1.82, 2.24) is 5.32 Å². The Labute approximate surface area is 173 Å². The van der Waals surface area contributed by atoms with Crippen LogP contribution in [0.5, 0.6) is 5.75 Å². The summed E-state index contributed by atoms with van der Waals surface area (Å²) in [4.78, 5) is 37.8. The van der Waals surface area contributed by atoms with Crippen molar-refractivity contribution in [2.24, 2.45) is 5.92 Å². The summed E-state index contributed by atoms with van der Waals surface area (Å²) in [6, 6.07) is 12.1. The van der Waals surface area contributed by atoms with Gasteiger partial charge < -0.3 is 20.3 Å². The van der Waals surface area contributed by atoms with Gasteiger partial charge in [-0.2, -0.15) is 0 Å². The number of carbonyl (C=O) groups excluding carboxylic acids is 3. The first-order chi connectivity index (χ1) is 14.5. The van der Waals surface area contributed by atoms with Crippen molar-refractivity contribution in [3.05, 3.63) is 67.0 Å². The molecule has 7 nitrogen and oxygen atoms in total. The monoisotopic (exact) mass is 411 g/mol. The van der Waals surface area contributed by atoms with Gasteiger partial charge in [0.25, 0.3) is 5.91 Å². The smallest absolute Gasteiger partial charge is 0.262 e. The van der Waals surface area contributed by atoms with Gasteiger partial charge in [-0.3, -0.25) is 14.4 Å². The van der Waals surface area contributed by atoms with E-state index in [1.165, 1.54) is 24.3 Å². The van der Waals surface area contributed by atoms with Gasteiger partial charge in [-0.15, -0.1) is 6.58 Å². The van der Waals surface area contributed by atoms with E-state index in [9.17, 15) is 18.8 Å². The summed E-state index contributed by atoms with van der Waals surface area (Å²) < 4.78 is 18.3. The molecular formula is C22H22FN3O4. The third-order valence-electron chi connectivity index (χ3n) is 4.56. The summed E-state index contributed by atoms with van der Waals surface area (Å²) >= 11 is 0. The summed E-state index contributed by atoms with van der Waals surface area (Å²) in [5, 5.41) is 5.31. The number of ether oxygens (including phenoxy) is 1. The Bertz CT molecular complexity index is 928.